The second-order valence-electron chi connectivity index (χ2n) is 3.69. The van der Waals surface area contributed by atoms with Gasteiger partial charge in [0.05, 0.1) is 5.69 Å². The Bertz CT molecular complexity index is 554. The zero-order valence-corrected chi connectivity index (χ0v) is 11.5. The number of nitrogen functional groups attached to an aromatic ring is 1. The fourth-order valence-electron chi connectivity index (χ4n) is 1.34. The molecule has 3 N–H and O–H groups in total. The standard InChI is InChI=1S/C12H13N3OS2/c1-8(16)14-12-15-10(7-18-12)6-17-11-4-2-3-9(13)5-11/h2-5,7H,6,13H2,1H3,(H,14,15,16). The van der Waals surface area contributed by atoms with Gasteiger partial charge in [-0.15, -0.1) is 23.1 Å². The third-order valence-corrected chi connectivity index (χ3v) is 3.91. The molecule has 18 heavy (non-hydrogen) atoms. The summed E-state index contributed by atoms with van der Waals surface area (Å²) in [5.74, 6) is 0.666. The van der Waals surface area contributed by atoms with Crippen molar-refractivity contribution in [2.75, 3.05) is 11.1 Å². The Balaban J connectivity index is 1.94. The summed E-state index contributed by atoms with van der Waals surface area (Å²) in [4.78, 5) is 16.3. The van der Waals surface area contributed by atoms with E-state index in [-0.39, 0.29) is 5.91 Å². The molecule has 94 valence electrons. The number of rotatable bonds is 4. The maximum atomic E-state index is 10.9. The zero-order chi connectivity index (χ0) is 13.0. The summed E-state index contributed by atoms with van der Waals surface area (Å²) in [6.07, 6.45) is 0. The van der Waals surface area contributed by atoms with Crippen LogP contribution in [0.25, 0.3) is 0 Å². The Morgan fingerprint density at radius 3 is 3.11 bits per heavy atom. The first-order valence-corrected chi connectivity index (χ1v) is 7.20. The number of thiazole rings is 1. The van der Waals surface area contributed by atoms with Crippen molar-refractivity contribution in [1.29, 1.82) is 0 Å². The number of thioether (sulfide) groups is 1. The molecular formula is C12H13N3OS2. The molecule has 0 saturated carbocycles. The minimum atomic E-state index is -0.0978. The molecule has 1 aromatic carbocycles. The van der Waals surface area contributed by atoms with Crippen LogP contribution in [0.5, 0.6) is 0 Å². The molecule has 2 rings (SSSR count). The molecule has 0 fully saturated rings. The second-order valence-corrected chi connectivity index (χ2v) is 5.59. The van der Waals surface area contributed by atoms with Crippen molar-refractivity contribution >= 4 is 39.8 Å². The van der Waals surface area contributed by atoms with Gasteiger partial charge in [0.15, 0.2) is 5.13 Å². The Hall–Kier alpha value is -1.53. The van der Waals surface area contributed by atoms with Gasteiger partial charge < -0.3 is 11.1 Å². The predicted octanol–water partition coefficient (Wildman–Crippen LogP) is 2.98. The monoisotopic (exact) mass is 279 g/mol. The van der Waals surface area contributed by atoms with Gasteiger partial charge >= 0.3 is 0 Å². The number of nitrogens with zero attached hydrogens (tertiary/aromatic N) is 1. The average molecular weight is 279 g/mol. The van der Waals surface area contributed by atoms with Crippen LogP contribution in [0, 0.1) is 0 Å². The normalized spacial score (nSPS) is 10.3. The molecule has 1 aromatic heterocycles. The maximum Gasteiger partial charge on any atom is 0.223 e. The predicted molar refractivity (Wildman–Crippen MR) is 76.8 cm³/mol. The maximum absolute atomic E-state index is 10.9. The molecule has 0 atom stereocenters. The molecule has 0 aliphatic rings. The highest BCUT2D eigenvalue weighted by Gasteiger charge is 2.04. The van der Waals surface area contributed by atoms with E-state index < -0.39 is 0 Å². The van der Waals surface area contributed by atoms with Gasteiger partial charge in [-0.05, 0) is 18.2 Å². The van der Waals surface area contributed by atoms with E-state index in [1.807, 2.05) is 29.6 Å². The first kappa shape index (κ1) is 12.9. The van der Waals surface area contributed by atoms with Crippen molar-refractivity contribution in [3.8, 4) is 0 Å². The summed E-state index contributed by atoms with van der Waals surface area (Å²) in [6.45, 7) is 1.47. The Morgan fingerprint density at radius 2 is 2.39 bits per heavy atom. The number of nitrogens with one attached hydrogen (secondary N) is 1. The molecule has 0 aliphatic heterocycles. The number of hydrogen-bond acceptors (Lipinski definition) is 5. The molecule has 0 radical (unpaired) electrons. The van der Waals surface area contributed by atoms with Crippen LogP contribution in [-0.2, 0) is 10.5 Å². The highest BCUT2D eigenvalue weighted by atomic mass is 32.2. The Kier molecular flexibility index (Phi) is 4.22. The fourth-order valence-corrected chi connectivity index (χ4v) is 3.06. The number of aromatic nitrogens is 1. The van der Waals surface area contributed by atoms with Gasteiger partial charge in [0.2, 0.25) is 5.91 Å². The van der Waals surface area contributed by atoms with Gasteiger partial charge in [-0.2, -0.15) is 0 Å². The Labute approximate surface area is 114 Å². The molecule has 4 nitrogen and oxygen atoms in total. The summed E-state index contributed by atoms with van der Waals surface area (Å²) in [5.41, 5.74) is 7.43. The molecule has 2 aromatic rings. The van der Waals surface area contributed by atoms with Crippen molar-refractivity contribution in [2.45, 2.75) is 17.6 Å². The van der Waals surface area contributed by atoms with Crippen molar-refractivity contribution in [1.82, 2.24) is 4.98 Å². The average Bonchev–Trinajstić information content (AvgIpc) is 2.73. The number of anilines is 2. The third-order valence-electron chi connectivity index (χ3n) is 2.08. The van der Waals surface area contributed by atoms with E-state index in [0.717, 1.165) is 22.0 Å². The molecule has 0 spiro atoms. The van der Waals surface area contributed by atoms with Gasteiger partial charge in [-0.1, -0.05) is 6.07 Å². The lowest BCUT2D eigenvalue weighted by atomic mass is 10.3. The third kappa shape index (κ3) is 3.75. The molecule has 0 bridgehead atoms. The van der Waals surface area contributed by atoms with Crippen LogP contribution in [0.15, 0.2) is 34.5 Å². The van der Waals surface area contributed by atoms with Crippen LogP contribution in [-0.4, -0.2) is 10.9 Å². The number of amides is 1. The summed E-state index contributed by atoms with van der Waals surface area (Å²) >= 11 is 3.11. The van der Waals surface area contributed by atoms with Crippen LogP contribution >= 0.6 is 23.1 Å². The van der Waals surface area contributed by atoms with E-state index in [4.69, 9.17) is 5.73 Å². The van der Waals surface area contributed by atoms with Crippen molar-refractivity contribution in [3.63, 3.8) is 0 Å². The van der Waals surface area contributed by atoms with Crippen LogP contribution in [0.1, 0.15) is 12.6 Å². The zero-order valence-electron chi connectivity index (χ0n) is 9.84. The van der Waals surface area contributed by atoms with Gasteiger partial charge in [0.25, 0.3) is 0 Å². The quantitative estimate of drug-likeness (QED) is 0.667. The molecular weight excluding hydrogens is 266 g/mol. The number of nitrogens with two attached hydrogens (primary N) is 1. The van der Waals surface area contributed by atoms with Crippen molar-refractivity contribution in [3.05, 3.63) is 35.3 Å². The molecule has 6 heteroatoms. The van der Waals surface area contributed by atoms with Gasteiger partial charge in [-0.25, -0.2) is 4.98 Å². The highest BCUT2D eigenvalue weighted by molar-refractivity contribution is 7.98. The van der Waals surface area contributed by atoms with E-state index in [9.17, 15) is 4.79 Å². The Morgan fingerprint density at radius 1 is 1.56 bits per heavy atom. The number of carbonyl (C=O) groups is 1. The van der Waals surface area contributed by atoms with Crippen molar-refractivity contribution < 1.29 is 4.79 Å². The fraction of sp³-hybridized carbons (Fsp3) is 0.167. The van der Waals surface area contributed by atoms with E-state index in [2.05, 4.69) is 10.3 Å². The van der Waals surface area contributed by atoms with Crippen LogP contribution in [0.3, 0.4) is 0 Å². The first-order valence-electron chi connectivity index (χ1n) is 5.34. The minimum absolute atomic E-state index is 0.0978. The van der Waals surface area contributed by atoms with Crippen LogP contribution in [0.4, 0.5) is 10.8 Å². The lowest BCUT2D eigenvalue weighted by Gasteiger charge is -2.00. The van der Waals surface area contributed by atoms with Crippen LogP contribution < -0.4 is 11.1 Å². The first-order chi connectivity index (χ1) is 8.63. The van der Waals surface area contributed by atoms with Crippen LogP contribution in [0.2, 0.25) is 0 Å². The van der Waals surface area contributed by atoms with E-state index in [1.165, 1.54) is 18.3 Å². The SMILES string of the molecule is CC(=O)Nc1nc(CSc2cccc(N)c2)cs1. The number of benzene rings is 1. The lowest BCUT2D eigenvalue weighted by Crippen LogP contribution is -2.05. The van der Waals surface area contributed by atoms with Gasteiger partial charge in [-0.3, -0.25) is 4.79 Å². The molecule has 0 aliphatic carbocycles. The number of hydrogen-bond donors (Lipinski definition) is 2. The second kappa shape index (κ2) is 5.88. The summed E-state index contributed by atoms with van der Waals surface area (Å²) < 4.78 is 0. The van der Waals surface area contributed by atoms with E-state index in [1.54, 1.807) is 11.8 Å². The summed E-state index contributed by atoms with van der Waals surface area (Å²) in [6, 6.07) is 7.75. The topological polar surface area (TPSA) is 68.0 Å². The largest absolute Gasteiger partial charge is 0.399 e. The molecule has 0 saturated heterocycles. The minimum Gasteiger partial charge on any atom is -0.399 e. The molecule has 1 amide bonds. The summed E-state index contributed by atoms with van der Waals surface area (Å²) in [5, 5.41) is 5.26. The van der Waals surface area contributed by atoms with E-state index in [0.29, 0.717) is 5.13 Å². The highest BCUT2D eigenvalue weighted by Crippen LogP contribution is 2.26. The smallest absolute Gasteiger partial charge is 0.223 e. The van der Waals surface area contributed by atoms with Crippen molar-refractivity contribution in [2.24, 2.45) is 0 Å². The van der Waals surface area contributed by atoms with Gasteiger partial charge in [0, 0.05) is 28.6 Å². The lowest BCUT2D eigenvalue weighted by molar-refractivity contribution is -0.114. The van der Waals surface area contributed by atoms with Gasteiger partial charge in [0.1, 0.15) is 0 Å². The molecule has 1 heterocycles. The summed E-state index contributed by atoms with van der Waals surface area (Å²) in [7, 11) is 0. The molecule has 0 unspecified atom stereocenters. The van der Waals surface area contributed by atoms with E-state index >= 15 is 0 Å². The number of carbonyl (C=O) groups excluding carboxylic acids is 1.